The Labute approximate surface area is 98.4 Å². The molecule has 0 unspecified atom stereocenters. The monoisotopic (exact) mass is 240 g/mol. The molecule has 5 nitrogen and oxygen atoms in total. The third-order valence-corrected chi connectivity index (χ3v) is 1.97. The van der Waals surface area contributed by atoms with Crippen LogP contribution < -0.4 is 15.4 Å². The first kappa shape index (κ1) is 12.3. The van der Waals surface area contributed by atoms with Gasteiger partial charge in [0.1, 0.15) is 12.3 Å². The van der Waals surface area contributed by atoms with Crippen LogP contribution in [0.25, 0.3) is 0 Å². The molecule has 0 radical (unpaired) electrons. The third-order valence-electron chi connectivity index (χ3n) is 1.73. The fourth-order valence-corrected chi connectivity index (χ4v) is 1.22. The number of ether oxygens (including phenoxy) is 1. The molecular weight excluding hydrogens is 228 g/mol. The molecule has 6 heteroatoms. The van der Waals surface area contributed by atoms with Crippen LogP contribution in [-0.2, 0) is 4.79 Å². The Morgan fingerprint density at radius 2 is 2.31 bits per heavy atom. The number of methoxy groups -OCH3 is 1. The molecule has 0 heterocycles. The summed E-state index contributed by atoms with van der Waals surface area (Å²) in [5.41, 5.74) is 0.738. The van der Waals surface area contributed by atoms with Crippen LogP contribution in [0.4, 0.5) is 5.69 Å². The van der Waals surface area contributed by atoms with Crippen molar-refractivity contribution in [2.24, 2.45) is 0 Å². The zero-order valence-corrected chi connectivity index (χ0v) is 9.50. The van der Waals surface area contributed by atoms with Gasteiger partial charge in [0, 0.05) is 11.8 Å². The van der Waals surface area contributed by atoms with Crippen LogP contribution in [0.2, 0.25) is 0 Å². The largest absolute Gasteiger partial charge is 0.497 e. The molecule has 0 spiro atoms. The van der Waals surface area contributed by atoms with E-state index in [1.165, 1.54) is 0 Å². The lowest BCUT2D eigenvalue weighted by molar-refractivity contribution is -0.135. The van der Waals surface area contributed by atoms with E-state index in [2.05, 4.69) is 10.6 Å². The predicted octanol–water partition coefficient (Wildman–Crippen LogP) is 1.07. The van der Waals surface area contributed by atoms with Gasteiger partial charge in [0.25, 0.3) is 0 Å². The second kappa shape index (κ2) is 5.92. The summed E-state index contributed by atoms with van der Waals surface area (Å²) in [7, 11) is 1.57. The van der Waals surface area contributed by atoms with Crippen LogP contribution in [0.15, 0.2) is 24.3 Å². The minimum atomic E-state index is -0.963. The fourth-order valence-electron chi connectivity index (χ4n) is 1.03. The Morgan fingerprint density at radius 1 is 1.56 bits per heavy atom. The molecule has 1 aromatic carbocycles. The maximum atomic E-state index is 10.3. The lowest BCUT2D eigenvalue weighted by Crippen LogP contribution is -2.32. The van der Waals surface area contributed by atoms with Gasteiger partial charge in [-0.25, -0.2) is 0 Å². The highest BCUT2D eigenvalue weighted by Crippen LogP contribution is 2.16. The second-order valence-electron chi connectivity index (χ2n) is 2.93. The van der Waals surface area contributed by atoms with E-state index in [0.717, 1.165) is 5.69 Å². The molecule has 3 N–H and O–H groups in total. The lowest BCUT2D eigenvalue weighted by Gasteiger charge is -2.09. The summed E-state index contributed by atoms with van der Waals surface area (Å²) >= 11 is 4.91. The van der Waals surface area contributed by atoms with Crippen molar-refractivity contribution in [2.75, 3.05) is 19.0 Å². The number of anilines is 1. The first-order valence-electron chi connectivity index (χ1n) is 4.52. The van der Waals surface area contributed by atoms with E-state index < -0.39 is 5.97 Å². The Balaban J connectivity index is 2.52. The molecule has 1 aromatic rings. The van der Waals surface area contributed by atoms with E-state index in [4.69, 9.17) is 22.1 Å². The van der Waals surface area contributed by atoms with Crippen LogP contribution in [0.5, 0.6) is 5.75 Å². The quantitative estimate of drug-likeness (QED) is 0.684. The standard InChI is InChI=1S/C10H12N2O3S/c1-15-8-4-2-3-7(5-8)12-10(16)11-6-9(13)14/h2-5H,6H2,1H3,(H,13,14)(H2,11,12,16). The molecule has 0 aliphatic heterocycles. The molecule has 16 heavy (non-hydrogen) atoms. The van der Waals surface area contributed by atoms with Crippen molar-refractivity contribution < 1.29 is 14.6 Å². The molecule has 0 fully saturated rings. The maximum absolute atomic E-state index is 10.3. The van der Waals surface area contributed by atoms with E-state index in [1.54, 1.807) is 31.4 Å². The number of rotatable bonds is 4. The highest BCUT2D eigenvalue weighted by molar-refractivity contribution is 7.80. The number of carboxylic acid groups (broad SMARTS) is 1. The van der Waals surface area contributed by atoms with E-state index in [0.29, 0.717) is 5.75 Å². The van der Waals surface area contributed by atoms with Crippen molar-refractivity contribution in [1.29, 1.82) is 0 Å². The Hall–Kier alpha value is -1.82. The van der Waals surface area contributed by atoms with Crippen LogP contribution >= 0.6 is 12.2 Å². The van der Waals surface area contributed by atoms with Crippen molar-refractivity contribution in [2.45, 2.75) is 0 Å². The van der Waals surface area contributed by atoms with Crippen LogP contribution in [0, 0.1) is 0 Å². The lowest BCUT2D eigenvalue weighted by atomic mass is 10.3. The molecule has 0 saturated carbocycles. The van der Waals surface area contributed by atoms with Gasteiger partial charge in [-0.05, 0) is 24.4 Å². The van der Waals surface area contributed by atoms with Crippen molar-refractivity contribution >= 4 is 29.0 Å². The Morgan fingerprint density at radius 3 is 2.94 bits per heavy atom. The van der Waals surface area contributed by atoms with Gasteiger partial charge in [0.15, 0.2) is 5.11 Å². The highest BCUT2D eigenvalue weighted by Gasteiger charge is 2.01. The normalized spacial score (nSPS) is 9.31. The van der Waals surface area contributed by atoms with Gasteiger partial charge in [0.05, 0.1) is 7.11 Å². The summed E-state index contributed by atoms with van der Waals surface area (Å²) in [5.74, 6) is -0.263. The van der Waals surface area contributed by atoms with Gasteiger partial charge in [-0.2, -0.15) is 0 Å². The van der Waals surface area contributed by atoms with Crippen molar-refractivity contribution in [3.63, 3.8) is 0 Å². The SMILES string of the molecule is COc1cccc(NC(=S)NCC(=O)O)c1. The average molecular weight is 240 g/mol. The third kappa shape index (κ3) is 4.14. The zero-order valence-electron chi connectivity index (χ0n) is 8.69. The van der Waals surface area contributed by atoms with E-state index in [9.17, 15) is 4.79 Å². The summed E-state index contributed by atoms with van der Waals surface area (Å²) < 4.78 is 5.04. The zero-order chi connectivity index (χ0) is 12.0. The average Bonchev–Trinajstić information content (AvgIpc) is 2.26. The van der Waals surface area contributed by atoms with Crippen LogP contribution in [-0.4, -0.2) is 29.8 Å². The summed E-state index contributed by atoms with van der Waals surface area (Å²) in [6.45, 7) is -0.212. The molecule has 0 bridgehead atoms. The van der Waals surface area contributed by atoms with Crippen molar-refractivity contribution in [3.05, 3.63) is 24.3 Å². The number of hydrogen-bond donors (Lipinski definition) is 3. The smallest absolute Gasteiger partial charge is 0.322 e. The minimum Gasteiger partial charge on any atom is -0.497 e. The van der Waals surface area contributed by atoms with Crippen LogP contribution in [0.1, 0.15) is 0 Å². The first-order valence-corrected chi connectivity index (χ1v) is 4.93. The van der Waals surface area contributed by atoms with Crippen molar-refractivity contribution in [1.82, 2.24) is 5.32 Å². The second-order valence-corrected chi connectivity index (χ2v) is 3.34. The van der Waals surface area contributed by atoms with Gasteiger partial charge in [-0.1, -0.05) is 6.07 Å². The molecule has 0 aromatic heterocycles. The van der Waals surface area contributed by atoms with E-state index >= 15 is 0 Å². The number of hydrogen-bond acceptors (Lipinski definition) is 3. The molecular formula is C10H12N2O3S. The summed E-state index contributed by atoms with van der Waals surface area (Å²) in [6.07, 6.45) is 0. The molecule has 0 aliphatic rings. The number of thiocarbonyl (C=S) groups is 1. The Kier molecular flexibility index (Phi) is 4.53. The molecule has 0 amide bonds. The molecule has 86 valence electrons. The highest BCUT2D eigenvalue weighted by atomic mass is 32.1. The molecule has 0 aliphatic carbocycles. The summed E-state index contributed by atoms with van der Waals surface area (Å²) in [5, 5.41) is 14.1. The topological polar surface area (TPSA) is 70.6 Å². The first-order chi connectivity index (χ1) is 7.61. The number of carboxylic acids is 1. The molecule has 1 rings (SSSR count). The van der Waals surface area contributed by atoms with Gasteiger partial charge in [0.2, 0.25) is 0 Å². The van der Waals surface area contributed by atoms with E-state index in [1.807, 2.05) is 0 Å². The number of carbonyl (C=O) groups is 1. The molecule has 0 atom stereocenters. The van der Waals surface area contributed by atoms with Gasteiger partial charge < -0.3 is 20.5 Å². The van der Waals surface area contributed by atoms with E-state index in [-0.39, 0.29) is 11.7 Å². The fraction of sp³-hybridized carbons (Fsp3) is 0.200. The Bertz CT molecular complexity index is 395. The van der Waals surface area contributed by atoms with Crippen LogP contribution in [0.3, 0.4) is 0 Å². The number of aliphatic carboxylic acids is 1. The number of benzene rings is 1. The predicted molar refractivity (Wildman–Crippen MR) is 64.9 cm³/mol. The summed E-state index contributed by atoms with van der Waals surface area (Å²) in [6, 6.07) is 7.17. The van der Waals surface area contributed by atoms with Crippen molar-refractivity contribution in [3.8, 4) is 5.75 Å². The van der Waals surface area contributed by atoms with Gasteiger partial charge >= 0.3 is 5.97 Å². The van der Waals surface area contributed by atoms with Gasteiger partial charge in [-0.15, -0.1) is 0 Å². The summed E-state index contributed by atoms with van der Waals surface area (Å²) in [4.78, 5) is 10.3. The van der Waals surface area contributed by atoms with Gasteiger partial charge in [-0.3, -0.25) is 4.79 Å². The minimum absolute atomic E-state index is 0.212. The number of nitrogens with one attached hydrogen (secondary N) is 2. The maximum Gasteiger partial charge on any atom is 0.322 e. The molecule has 0 saturated heterocycles.